The van der Waals surface area contributed by atoms with Crippen LogP contribution in [0.3, 0.4) is 0 Å². The smallest absolute Gasteiger partial charge is 0.504 e. The number of aliphatic carboxylic acids is 2. The molecule has 0 fully saturated rings. The number of benzene rings is 2. The lowest BCUT2D eigenvalue weighted by atomic mass is 10.1. The topological polar surface area (TPSA) is 141 Å². The van der Waals surface area contributed by atoms with Gasteiger partial charge in [0.05, 0.1) is 6.61 Å². The molecule has 12 heteroatoms. The number of alkyl halides is 3. The monoisotopic (exact) mass is 498 g/mol. The molecule has 35 heavy (non-hydrogen) atoms. The first-order valence-electron chi connectivity index (χ1n) is 10.4. The van der Waals surface area contributed by atoms with Gasteiger partial charge in [0.2, 0.25) is 0 Å². The lowest BCUT2D eigenvalue weighted by Crippen LogP contribution is -2.17. The zero-order chi connectivity index (χ0) is 26.2. The molecule has 9 nitrogen and oxygen atoms in total. The number of carbonyl (C=O) groups is 2. The number of hydrogen-bond acceptors (Lipinski definition) is 6. The van der Waals surface area contributed by atoms with Crippen molar-refractivity contribution in [2.45, 2.75) is 33.2 Å². The van der Waals surface area contributed by atoms with Crippen LogP contribution in [0.2, 0.25) is 0 Å². The highest BCUT2D eigenvalue weighted by molar-refractivity contribution is 6.27. The first kappa shape index (κ1) is 27.3. The van der Waals surface area contributed by atoms with E-state index in [0.29, 0.717) is 42.8 Å². The predicted molar refractivity (Wildman–Crippen MR) is 120 cm³/mol. The minimum Gasteiger partial charge on any atom is -0.504 e. The summed E-state index contributed by atoms with van der Waals surface area (Å²) in [5.74, 6) is -3.34. The highest BCUT2D eigenvalue weighted by atomic mass is 19.4. The number of nitrogens with one attached hydrogen (secondary N) is 2. The molecule has 5 N–H and O–H groups in total. The number of phenols is 1. The van der Waals surface area contributed by atoms with Crippen molar-refractivity contribution in [1.82, 2.24) is 10.3 Å². The standard InChI is InChI=1S/C21H23F3N2O3.C2H2O4/c1-3-28-19-6-4-5-14(20(19)27)12-25-10-9-16-13(2)26-18-8-7-15(11-17(16)18)29-21(22,23)24;3-1(4)2(5)6/h4-8,11,25-27H,3,9-10,12H2,1-2H3;(H,3,4)(H,5,6). The minimum absolute atomic E-state index is 0.110. The Kier molecular flexibility index (Phi) is 9.34. The predicted octanol–water partition coefficient (Wildman–Crippen LogP) is 3.97. The van der Waals surface area contributed by atoms with Gasteiger partial charge in [-0.25, -0.2) is 9.59 Å². The van der Waals surface area contributed by atoms with Gasteiger partial charge in [-0.1, -0.05) is 12.1 Å². The van der Waals surface area contributed by atoms with E-state index >= 15 is 0 Å². The van der Waals surface area contributed by atoms with Crippen LogP contribution in [0.5, 0.6) is 17.2 Å². The molecule has 190 valence electrons. The average Bonchev–Trinajstić information content (AvgIpc) is 3.07. The van der Waals surface area contributed by atoms with Gasteiger partial charge in [0.25, 0.3) is 0 Å². The molecule has 0 saturated carbocycles. The van der Waals surface area contributed by atoms with Crippen LogP contribution in [0.15, 0.2) is 36.4 Å². The van der Waals surface area contributed by atoms with Crippen LogP contribution in [-0.4, -0.2) is 51.8 Å². The van der Waals surface area contributed by atoms with Gasteiger partial charge in [0, 0.05) is 28.7 Å². The van der Waals surface area contributed by atoms with Crippen LogP contribution in [-0.2, 0) is 22.6 Å². The number of rotatable bonds is 8. The molecule has 0 radical (unpaired) electrons. The second-order valence-electron chi connectivity index (χ2n) is 7.22. The molecule has 3 rings (SSSR count). The van der Waals surface area contributed by atoms with Crippen molar-refractivity contribution in [3.8, 4) is 17.2 Å². The first-order valence-corrected chi connectivity index (χ1v) is 10.4. The first-order chi connectivity index (χ1) is 16.4. The third kappa shape index (κ3) is 8.10. The maximum atomic E-state index is 12.5. The Bertz CT molecular complexity index is 1160. The number of fused-ring (bicyclic) bond motifs is 1. The second-order valence-corrected chi connectivity index (χ2v) is 7.22. The van der Waals surface area contributed by atoms with E-state index in [4.69, 9.17) is 24.5 Å². The lowest BCUT2D eigenvalue weighted by Gasteiger charge is -2.11. The summed E-state index contributed by atoms with van der Waals surface area (Å²) >= 11 is 0. The summed E-state index contributed by atoms with van der Waals surface area (Å²) in [4.78, 5) is 21.4. The van der Waals surface area contributed by atoms with E-state index in [1.54, 1.807) is 12.1 Å². The van der Waals surface area contributed by atoms with Crippen molar-refractivity contribution >= 4 is 22.8 Å². The van der Waals surface area contributed by atoms with E-state index in [9.17, 15) is 18.3 Å². The fourth-order valence-electron chi connectivity index (χ4n) is 3.30. The van der Waals surface area contributed by atoms with Crippen LogP contribution in [0.1, 0.15) is 23.7 Å². The number of phenolic OH excluding ortho intramolecular Hbond substituents is 1. The summed E-state index contributed by atoms with van der Waals surface area (Å²) in [6.07, 6.45) is -4.12. The molecule has 2 aromatic carbocycles. The summed E-state index contributed by atoms with van der Waals surface area (Å²) in [7, 11) is 0. The molecule has 0 aliphatic heterocycles. The number of aromatic nitrogens is 1. The van der Waals surface area contributed by atoms with Gasteiger partial charge in [-0.05, 0) is 56.6 Å². The third-order valence-corrected chi connectivity index (χ3v) is 4.76. The Labute approximate surface area is 198 Å². The van der Waals surface area contributed by atoms with Gasteiger partial charge >= 0.3 is 18.3 Å². The number of para-hydroxylation sites is 1. The molecule has 0 aliphatic rings. The van der Waals surface area contributed by atoms with Crippen molar-refractivity contribution in [3.63, 3.8) is 0 Å². The van der Waals surface area contributed by atoms with Crippen molar-refractivity contribution in [1.29, 1.82) is 0 Å². The fourth-order valence-corrected chi connectivity index (χ4v) is 3.30. The van der Waals surface area contributed by atoms with Crippen molar-refractivity contribution in [2.24, 2.45) is 0 Å². The number of hydrogen-bond donors (Lipinski definition) is 5. The van der Waals surface area contributed by atoms with E-state index in [0.717, 1.165) is 16.8 Å². The summed E-state index contributed by atoms with van der Waals surface area (Å²) < 4.78 is 46.9. The average molecular weight is 498 g/mol. The zero-order valence-electron chi connectivity index (χ0n) is 18.9. The van der Waals surface area contributed by atoms with Gasteiger partial charge in [0.15, 0.2) is 11.5 Å². The largest absolute Gasteiger partial charge is 0.573 e. The Morgan fingerprint density at radius 2 is 1.80 bits per heavy atom. The molecule has 1 aromatic heterocycles. The number of halogens is 3. The maximum absolute atomic E-state index is 12.5. The van der Waals surface area contributed by atoms with Gasteiger partial charge < -0.3 is 35.1 Å². The third-order valence-electron chi connectivity index (χ3n) is 4.76. The van der Waals surface area contributed by atoms with Crippen molar-refractivity contribution in [3.05, 3.63) is 53.2 Å². The van der Waals surface area contributed by atoms with Gasteiger partial charge in [-0.3, -0.25) is 0 Å². The SMILES string of the molecule is CCOc1cccc(CNCCc2c(C)[nH]c3ccc(OC(F)(F)F)cc23)c1O.O=C(O)C(=O)O. The number of aromatic hydroxyl groups is 1. The Balaban J connectivity index is 0.000000641. The molecular weight excluding hydrogens is 473 g/mol. The number of ether oxygens (including phenoxy) is 2. The number of H-pyrrole nitrogens is 1. The Morgan fingerprint density at radius 3 is 2.40 bits per heavy atom. The molecule has 0 atom stereocenters. The van der Waals surface area contributed by atoms with Gasteiger partial charge in [0.1, 0.15) is 5.75 Å². The van der Waals surface area contributed by atoms with Gasteiger partial charge in [-0.2, -0.15) is 0 Å². The number of carboxylic acid groups (broad SMARTS) is 2. The Hall–Kier alpha value is -3.93. The Morgan fingerprint density at radius 1 is 1.11 bits per heavy atom. The quantitative estimate of drug-likeness (QED) is 0.232. The summed E-state index contributed by atoms with van der Waals surface area (Å²) in [6.45, 7) is 5.22. The normalized spacial score (nSPS) is 11.0. The fraction of sp³-hybridized carbons (Fsp3) is 0.304. The second kappa shape index (κ2) is 12.0. The van der Waals surface area contributed by atoms with Crippen LogP contribution < -0.4 is 14.8 Å². The van der Waals surface area contributed by atoms with E-state index in [2.05, 4.69) is 15.0 Å². The van der Waals surface area contributed by atoms with E-state index in [1.165, 1.54) is 12.1 Å². The number of aryl methyl sites for hydroxylation is 1. The molecule has 0 bridgehead atoms. The highest BCUT2D eigenvalue weighted by Crippen LogP contribution is 2.31. The molecule has 0 unspecified atom stereocenters. The maximum Gasteiger partial charge on any atom is 0.573 e. The molecule has 3 aromatic rings. The van der Waals surface area contributed by atoms with Crippen LogP contribution >= 0.6 is 0 Å². The van der Waals surface area contributed by atoms with Crippen molar-refractivity contribution in [2.75, 3.05) is 13.2 Å². The minimum atomic E-state index is -4.72. The highest BCUT2D eigenvalue weighted by Gasteiger charge is 2.31. The lowest BCUT2D eigenvalue weighted by molar-refractivity contribution is -0.274. The summed E-state index contributed by atoms with van der Waals surface area (Å²) in [5.41, 5.74) is 3.29. The van der Waals surface area contributed by atoms with E-state index < -0.39 is 18.3 Å². The number of aromatic amines is 1. The van der Waals surface area contributed by atoms with Gasteiger partial charge in [-0.15, -0.1) is 13.2 Å². The van der Waals surface area contributed by atoms with Crippen LogP contribution in [0.4, 0.5) is 13.2 Å². The van der Waals surface area contributed by atoms with Crippen LogP contribution in [0.25, 0.3) is 10.9 Å². The van der Waals surface area contributed by atoms with E-state index in [1.807, 2.05) is 26.0 Å². The van der Waals surface area contributed by atoms with Crippen molar-refractivity contribution < 1.29 is 47.6 Å². The number of carboxylic acids is 2. The molecule has 0 saturated heterocycles. The van der Waals surface area contributed by atoms with E-state index in [-0.39, 0.29) is 11.5 Å². The molecule has 1 heterocycles. The molecule has 0 amide bonds. The molecule has 0 aliphatic carbocycles. The molecule has 0 spiro atoms. The van der Waals surface area contributed by atoms with Crippen LogP contribution in [0, 0.1) is 6.92 Å². The summed E-state index contributed by atoms with van der Waals surface area (Å²) in [5, 5.41) is 29.0. The zero-order valence-corrected chi connectivity index (χ0v) is 18.9. The summed E-state index contributed by atoms with van der Waals surface area (Å²) in [6, 6.07) is 9.60. The molecular formula is C23H25F3N2O7.